The molecule has 0 saturated heterocycles. The van der Waals surface area contributed by atoms with E-state index in [1.165, 1.54) is 12.1 Å². The second-order valence-electron chi connectivity index (χ2n) is 5.65. The van der Waals surface area contributed by atoms with Crippen molar-refractivity contribution in [2.75, 3.05) is 6.79 Å². The number of carbonyl (C=O) groups is 1. The molecule has 0 bridgehead atoms. The molecular formula is C16H13ClN2O5S. The Hall–Kier alpha value is -2.13. The van der Waals surface area contributed by atoms with Crippen molar-refractivity contribution in [3.8, 4) is 5.75 Å². The molecule has 0 spiro atoms. The maximum absolute atomic E-state index is 12.7. The maximum atomic E-state index is 12.7. The van der Waals surface area contributed by atoms with Crippen molar-refractivity contribution in [3.63, 3.8) is 0 Å². The molecule has 1 N–H and O–H groups in total. The lowest BCUT2D eigenvalue weighted by atomic mass is 10.1. The van der Waals surface area contributed by atoms with Crippen LogP contribution in [0.2, 0.25) is 5.02 Å². The Kier molecular flexibility index (Phi) is 3.92. The van der Waals surface area contributed by atoms with Crippen LogP contribution < -0.4 is 9.57 Å². The van der Waals surface area contributed by atoms with Crippen LogP contribution >= 0.6 is 11.6 Å². The summed E-state index contributed by atoms with van der Waals surface area (Å²) in [6.07, 6.45) is 0. The predicted octanol–water partition coefficient (Wildman–Crippen LogP) is 2.06. The number of hydrogen-bond donors (Lipinski definition) is 1. The first-order chi connectivity index (χ1) is 12.0. The zero-order valence-electron chi connectivity index (χ0n) is 12.9. The standard InChI is InChI=1S/C16H13ClN2O5S/c17-12-5-10(15-11(6-12)8-23-9-24-15)7-19-16(20)13-3-1-2-4-14(13)25(21,22)18-19/h1-6,18H,7-9H2. The number of fused-ring (bicyclic) bond motifs is 2. The molecule has 0 radical (unpaired) electrons. The molecule has 0 atom stereocenters. The van der Waals surface area contributed by atoms with Gasteiger partial charge in [0.25, 0.3) is 15.9 Å². The Morgan fingerprint density at radius 3 is 2.88 bits per heavy atom. The summed E-state index contributed by atoms with van der Waals surface area (Å²) in [6.45, 7) is 0.408. The molecule has 1 amide bonds. The van der Waals surface area contributed by atoms with Gasteiger partial charge in [-0.3, -0.25) is 9.80 Å². The summed E-state index contributed by atoms with van der Waals surface area (Å²) in [7, 11) is -3.82. The van der Waals surface area contributed by atoms with Crippen LogP contribution in [0.25, 0.3) is 0 Å². The van der Waals surface area contributed by atoms with E-state index in [0.29, 0.717) is 22.9 Å². The molecule has 130 valence electrons. The maximum Gasteiger partial charge on any atom is 0.270 e. The highest BCUT2D eigenvalue weighted by atomic mass is 35.5. The molecular weight excluding hydrogens is 368 g/mol. The predicted molar refractivity (Wildman–Crippen MR) is 88.4 cm³/mol. The highest BCUT2D eigenvalue weighted by Gasteiger charge is 2.34. The van der Waals surface area contributed by atoms with Gasteiger partial charge in [0.1, 0.15) is 5.75 Å². The SMILES string of the molecule is O=C1c2ccccc2S(=O)(=O)NN1Cc1cc(Cl)cc2c1OCOC2. The van der Waals surface area contributed by atoms with E-state index in [1.54, 1.807) is 24.3 Å². The van der Waals surface area contributed by atoms with Gasteiger partial charge in [-0.25, -0.2) is 8.42 Å². The molecule has 2 heterocycles. The van der Waals surface area contributed by atoms with E-state index >= 15 is 0 Å². The largest absolute Gasteiger partial charge is 0.467 e. The molecule has 0 unspecified atom stereocenters. The highest BCUT2D eigenvalue weighted by Crippen LogP contribution is 2.33. The quantitative estimate of drug-likeness (QED) is 0.862. The van der Waals surface area contributed by atoms with Gasteiger partial charge >= 0.3 is 0 Å². The van der Waals surface area contributed by atoms with Crippen LogP contribution in [-0.2, 0) is 27.9 Å². The van der Waals surface area contributed by atoms with Crippen molar-refractivity contribution < 1.29 is 22.7 Å². The van der Waals surface area contributed by atoms with Crippen LogP contribution in [0.3, 0.4) is 0 Å². The Bertz CT molecular complexity index is 976. The number of rotatable bonds is 2. The molecule has 4 rings (SSSR count). The molecule has 9 heteroatoms. The zero-order chi connectivity index (χ0) is 17.6. The molecule has 2 aliphatic heterocycles. The Morgan fingerprint density at radius 1 is 1.24 bits per heavy atom. The fourth-order valence-electron chi connectivity index (χ4n) is 2.91. The molecule has 0 aromatic heterocycles. The minimum absolute atomic E-state index is 0.0186. The smallest absolute Gasteiger partial charge is 0.270 e. The van der Waals surface area contributed by atoms with Crippen LogP contribution in [0, 0.1) is 0 Å². The molecule has 0 aliphatic carbocycles. The van der Waals surface area contributed by atoms with Gasteiger partial charge in [0.2, 0.25) is 0 Å². The number of benzene rings is 2. The molecule has 25 heavy (non-hydrogen) atoms. The van der Waals surface area contributed by atoms with Gasteiger partial charge < -0.3 is 9.47 Å². The summed E-state index contributed by atoms with van der Waals surface area (Å²) < 4.78 is 35.5. The number of ether oxygens (including phenoxy) is 2. The number of sulfonamides is 1. The van der Waals surface area contributed by atoms with Crippen LogP contribution in [0.4, 0.5) is 0 Å². The second kappa shape index (κ2) is 5.99. The zero-order valence-corrected chi connectivity index (χ0v) is 14.4. The van der Waals surface area contributed by atoms with Gasteiger partial charge in [-0.15, -0.1) is 4.83 Å². The minimum atomic E-state index is -3.82. The van der Waals surface area contributed by atoms with Crippen molar-refractivity contribution in [3.05, 3.63) is 58.1 Å². The van der Waals surface area contributed by atoms with Crippen molar-refractivity contribution in [2.45, 2.75) is 18.0 Å². The van der Waals surface area contributed by atoms with E-state index in [4.69, 9.17) is 21.1 Å². The molecule has 2 aromatic carbocycles. The van der Waals surface area contributed by atoms with Crippen LogP contribution in [0.1, 0.15) is 21.5 Å². The van der Waals surface area contributed by atoms with Gasteiger partial charge in [-0.05, 0) is 24.3 Å². The Balaban J connectivity index is 1.73. The average molecular weight is 381 g/mol. The van der Waals surface area contributed by atoms with E-state index in [0.717, 1.165) is 10.6 Å². The Morgan fingerprint density at radius 2 is 2.04 bits per heavy atom. The van der Waals surface area contributed by atoms with Crippen molar-refractivity contribution in [2.24, 2.45) is 0 Å². The molecule has 0 fully saturated rings. The van der Waals surface area contributed by atoms with Crippen LogP contribution in [-0.4, -0.2) is 26.1 Å². The van der Waals surface area contributed by atoms with E-state index in [-0.39, 0.29) is 23.8 Å². The Labute approximate surface area is 149 Å². The second-order valence-corrected chi connectivity index (χ2v) is 7.71. The van der Waals surface area contributed by atoms with E-state index in [9.17, 15) is 13.2 Å². The normalized spacial score (nSPS) is 18.3. The van der Waals surface area contributed by atoms with Crippen LogP contribution in [0.15, 0.2) is 41.3 Å². The van der Waals surface area contributed by atoms with E-state index in [1.807, 2.05) is 0 Å². The lowest BCUT2D eigenvalue weighted by Crippen LogP contribution is -2.49. The topological polar surface area (TPSA) is 84.9 Å². The third-order valence-corrected chi connectivity index (χ3v) is 5.58. The minimum Gasteiger partial charge on any atom is -0.467 e. The summed E-state index contributed by atoms with van der Waals surface area (Å²) >= 11 is 6.12. The number of carbonyl (C=O) groups excluding carboxylic acids is 1. The number of amides is 1. The number of nitrogens with one attached hydrogen (secondary N) is 1. The third kappa shape index (κ3) is 2.87. The fourth-order valence-corrected chi connectivity index (χ4v) is 4.41. The first kappa shape index (κ1) is 16.3. The monoisotopic (exact) mass is 380 g/mol. The number of halogens is 1. The average Bonchev–Trinajstić information content (AvgIpc) is 2.59. The van der Waals surface area contributed by atoms with Crippen molar-refractivity contribution >= 4 is 27.5 Å². The molecule has 7 nitrogen and oxygen atoms in total. The van der Waals surface area contributed by atoms with Gasteiger partial charge in [-0.1, -0.05) is 23.7 Å². The number of nitrogens with zero attached hydrogens (tertiary/aromatic N) is 1. The van der Waals surface area contributed by atoms with Gasteiger partial charge in [-0.2, -0.15) is 0 Å². The van der Waals surface area contributed by atoms with E-state index in [2.05, 4.69) is 4.83 Å². The van der Waals surface area contributed by atoms with Gasteiger partial charge in [0, 0.05) is 16.1 Å². The molecule has 0 saturated carbocycles. The van der Waals surface area contributed by atoms with E-state index < -0.39 is 15.9 Å². The summed E-state index contributed by atoms with van der Waals surface area (Å²) in [5.41, 5.74) is 1.48. The number of hydrogen-bond acceptors (Lipinski definition) is 5. The lowest BCUT2D eigenvalue weighted by Gasteiger charge is -2.30. The molecule has 2 aliphatic rings. The summed E-state index contributed by atoms with van der Waals surface area (Å²) in [6, 6.07) is 9.44. The van der Waals surface area contributed by atoms with Crippen molar-refractivity contribution in [1.82, 2.24) is 9.84 Å². The summed E-state index contributed by atoms with van der Waals surface area (Å²) in [5.74, 6) is 0.118. The van der Waals surface area contributed by atoms with Gasteiger partial charge in [0.15, 0.2) is 6.79 Å². The lowest BCUT2D eigenvalue weighted by molar-refractivity contribution is -0.0174. The van der Waals surface area contributed by atoms with Gasteiger partial charge in [0.05, 0.1) is 23.6 Å². The highest BCUT2D eigenvalue weighted by molar-refractivity contribution is 7.89. The summed E-state index contributed by atoms with van der Waals surface area (Å²) in [5, 5.41) is 1.50. The van der Waals surface area contributed by atoms with Crippen molar-refractivity contribution in [1.29, 1.82) is 0 Å². The van der Waals surface area contributed by atoms with Crippen LogP contribution in [0.5, 0.6) is 5.75 Å². The third-order valence-electron chi connectivity index (χ3n) is 3.96. The number of hydrazine groups is 1. The summed E-state index contributed by atoms with van der Waals surface area (Å²) in [4.78, 5) is 14.9. The molecule has 2 aromatic rings. The fraction of sp³-hybridized carbons (Fsp3) is 0.188. The first-order valence-electron chi connectivity index (χ1n) is 7.41. The first-order valence-corrected chi connectivity index (χ1v) is 9.27.